The van der Waals surface area contributed by atoms with E-state index in [1.165, 1.54) is 16.7 Å². The number of amides is 1. The summed E-state index contributed by atoms with van der Waals surface area (Å²) in [5.74, 6) is 0.438. The van der Waals surface area contributed by atoms with Gasteiger partial charge >= 0.3 is 0 Å². The fourth-order valence-electron chi connectivity index (χ4n) is 6.39. The number of nitrogens with zero attached hydrogens (tertiary/aromatic N) is 1. The van der Waals surface area contributed by atoms with E-state index in [2.05, 4.69) is 53.6 Å². The molecule has 48 heavy (non-hydrogen) atoms. The Morgan fingerprint density at radius 3 is 2.52 bits per heavy atom. The number of ether oxygens (including phenoxy) is 1. The van der Waals surface area contributed by atoms with Crippen molar-refractivity contribution in [3.63, 3.8) is 0 Å². The smallest absolute Gasteiger partial charge is 0.251 e. The van der Waals surface area contributed by atoms with E-state index in [0.717, 1.165) is 79.7 Å². The highest BCUT2D eigenvalue weighted by molar-refractivity contribution is 6.31. The molecule has 0 radical (unpaired) electrons. The van der Waals surface area contributed by atoms with Crippen LogP contribution in [0.1, 0.15) is 87.3 Å². The molecule has 0 spiro atoms. The van der Waals surface area contributed by atoms with E-state index in [-0.39, 0.29) is 5.41 Å². The lowest BCUT2D eigenvalue weighted by molar-refractivity contribution is -0.148. The van der Waals surface area contributed by atoms with Crippen molar-refractivity contribution in [2.45, 2.75) is 113 Å². The Kier molecular flexibility index (Phi) is 12.5. The van der Waals surface area contributed by atoms with Gasteiger partial charge in [-0.2, -0.15) is 0 Å². The Bertz CT molecular complexity index is 1510. The summed E-state index contributed by atoms with van der Waals surface area (Å²) in [4.78, 5) is 16.7. The van der Waals surface area contributed by atoms with Gasteiger partial charge < -0.3 is 35.6 Å². The van der Waals surface area contributed by atoms with E-state index in [1.807, 2.05) is 24.5 Å². The minimum atomic E-state index is -1.91. The Morgan fingerprint density at radius 2 is 1.79 bits per heavy atom. The van der Waals surface area contributed by atoms with Crippen molar-refractivity contribution in [1.82, 2.24) is 10.3 Å². The van der Waals surface area contributed by atoms with Crippen LogP contribution in [-0.4, -0.2) is 80.1 Å². The summed E-state index contributed by atoms with van der Waals surface area (Å²) in [6.45, 7) is 1.72. The molecule has 3 aromatic rings. The van der Waals surface area contributed by atoms with Gasteiger partial charge in [0.2, 0.25) is 0 Å². The number of aliphatic hydroxyl groups excluding tert-OH is 5. The van der Waals surface area contributed by atoms with Crippen LogP contribution >= 0.6 is 11.6 Å². The number of unbranched alkanes of at least 4 members (excludes halogenated alkanes) is 2. The Hall–Kier alpha value is -3.05. The molecule has 5 rings (SSSR count). The van der Waals surface area contributed by atoms with Crippen molar-refractivity contribution in [3.05, 3.63) is 82.6 Å². The van der Waals surface area contributed by atoms with Gasteiger partial charge in [0.15, 0.2) is 6.10 Å². The number of halogens is 1. The van der Waals surface area contributed by atoms with Gasteiger partial charge in [0, 0.05) is 29.5 Å². The molecule has 2 saturated carbocycles. The topological polar surface area (TPSA) is 152 Å². The average molecular weight is 681 g/mol. The maximum atomic E-state index is 12.1. The summed E-state index contributed by atoms with van der Waals surface area (Å²) < 4.78 is 6.28. The van der Waals surface area contributed by atoms with Gasteiger partial charge in [-0.05, 0) is 103 Å². The molecule has 0 saturated heterocycles. The molecule has 1 aromatic heterocycles. The maximum Gasteiger partial charge on any atom is 0.251 e. The molecule has 2 aliphatic rings. The first-order chi connectivity index (χ1) is 23.1. The van der Waals surface area contributed by atoms with Crippen LogP contribution in [0.3, 0.4) is 0 Å². The normalized spacial score (nSPS) is 18.4. The van der Waals surface area contributed by atoms with Crippen LogP contribution in [0, 0.1) is 0 Å². The van der Waals surface area contributed by atoms with E-state index in [4.69, 9.17) is 21.4 Å². The number of para-hydroxylation sites is 1. The molecule has 2 fully saturated rings. The summed E-state index contributed by atoms with van der Waals surface area (Å²) in [6, 6.07) is 16.8. The van der Waals surface area contributed by atoms with Gasteiger partial charge in [-0.25, -0.2) is 0 Å². The zero-order valence-corrected chi connectivity index (χ0v) is 28.4. The highest BCUT2D eigenvalue weighted by Crippen LogP contribution is 2.55. The number of carbonyl (C=O) groups excluding carboxylic acids is 1. The third-order valence-corrected chi connectivity index (χ3v) is 10.3. The predicted octanol–water partition coefficient (Wildman–Crippen LogP) is 4.82. The lowest BCUT2D eigenvalue weighted by Crippen LogP contribution is -2.51. The van der Waals surface area contributed by atoms with Crippen molar-refractivity contribution >= 4 is 17.5 Å². The minimum absolute atomic E-state index is 0.0747. The monoisotopic (exact) mass is 680 g/mol. The molecule has 10 heteroatoms. The molecule has 5 atom stereocenters. The molecule has 1 amide bonds. The van der Waals surface area contributed by atoms with E-state index in [1.54, 1.807) is 0 Å². The molecule has 260 valence electrons. The zero-order chi connectivity index (χ0) is 34.3. The lowest BCUT2D eigenvalue weighted by Gasteiger charge is -2.24. The van der Waals surface area contributed by atoms with Gasteiger partial charge in [0.05, 0.1) is 12.7 Å². The molecular weight excluding hydrogens is 632 g/mol. The van der Waals surface area contributed by atoms with Crippen molar-refractivity contribution in [3.8, 4) is 16.9 Å². The number of aliphatic hydroxyl groups is 5. The van der Waals surface area contributed by atoms with Gasteiger partial charge in [-0.1, -0.05) is 61.7 Å². The van der Waals surface area contributed by atoms with Gasteiger partial charge in [-0.15, -0.1) is 0 Å². The summed E-state index contributed by atoms with van der Waals surface area (Å²) in [6.07, 6.45) is 6.74. The van der Waals surface area contributed by atoms with Crippen LogP contribution in [-0.2, 0) is 16.6 Å². The third-order valence-electron chi connectivity index (χ3n) is 9.89. The number of benzene rings is 2. The van der Waals surface area contributed by atoms with Crippen LogP contribution in [0.25, 0.3) is 11.1 Å². The Labute approximate surface area is 288 Å². The number of aromatic nitrogens is 1. The van der Waals surface area contributed by atoms with E-state index in [0.29, 0.717) is 25.0 Å². The molecule has 0 aliphatic heterocycles. The van der Waals surface area contributed by atoms with Crippen molar-refractivity contribution in [2.75, 3.05) is 13.2 Å². The zero-order valence-electron chi connectivity index (χ0n) is 27.6. The summed E-state index contributed by atoms with van der Waals surface area (Å²) >= 11 is 6.73. The second-order valence-electron chi connectivity index (χ2n) is 13.6. The summed E-state index contributed by atoms with van der Waals surface area (Å²) in [5.41, 5.74) is 6.12. The molecule has 2 aliphatic carbocycles. The molecular formula is C38H49ClN2O7. The molecule has 9 nitrogen and oxygen atoms in total. The number of pyridine rings is 1. The van der Waals surface area contributed by atoms with E-state index >= 15 is 0 Å². The number of hydrogen-bond donors (Lipinski definition) is 6. The Balaban J connectivity index is 1.11. The highest BCUT2D eigenvalue weighted by Gasteiger charge is 2.45. The maximum absolute atomic E-state index is 12.1. The average Bonchev–Trinajstić information content (AvgIpc) is 4.05. The number of hydrogen-bond acceptors (Lipinski definition) is 8. The molecule has 1 heterocycles. The largest absolute Gasteiger partial charge is 0.490 e. The third kappa shape index (κ3) is 9.14. The quantitative estimate of drug-likeness (QED) is 0.0986. The van der Waals surface area contributed by atoms with Crippen LogP contribution in [0.4, 0.5) is 0 Å². The highest BCUT2D eigenvalue weighted by atomic mass is 35.5. The van der Waals surface area contributed by atoms with E-state index in [9.17, 15) is 25.2 Å². The Morgan fingerprint density at radius 1 is 1.02 bits per heavy atom. The number of rotatable bonds is 19. The van der Waals surface area contributed by atoms with Crippen LogP contribution < -0.4 is 10.1 Å². The van der Waals surface area contributed by atoms with Crippen LogP contribution in [0.15, 0.2) is 60.9 Å². The van der Waals surface area contributed by atoms with Gasteiger partial charge in [-0.3, -0.25) is 9.78 Å². The second kappa shape index (κ2) is 16.6. The first-order valence-corrected chi connectivity index (χ1v) is 17.6. The van der Waals surface area contributed by atoms with Crippen LogP contribution in [0.5, 0.6) is 5.75 Å². The first-order valence-electron chi connectivity index (χ1n) is 17.2. The molecule has 0 bridgehead atoms. The van der Waals surface area contributed by atoms with Gasteiger partial charge in [0.1, 0.15) is 24.1 Å². The standard InChI is InChI=1S/C38H49ClN2O7/c1-24(7-3-2-6-19-41-37(47)36(46)35(45)34(44)32(43)23-42)25-10-13-31(39)26(21-25)14-16-38(17-18-38)30-22-40-20-15-28(30)29-8-4-5-9-33(29)48-27-11-12-27/h4-5,8-10,13,15,20-22,24,27,32,34-36,42-46H,2-3,6-7,11-12,14,16-19,23H2,1H3,(H,41,47)/t24?,32-,34+,35-,36-/m0/s1. The van der Waals surface area contributed by atoms with Crippen LogP contribution in [0.2, 0.25) is 5.02 Å². The molecule has 1 unspecified atom stereocenters. The lowest BCUT2D eigenvalue weighted by atomic mass is 9.84. The summed E-state index contributed by atoms with van der Waals surface area (Å²) in [7, 11) is 0. The number of aryl methyl sites for hydroxylation is 1. The SMILES string of the molecule is CC(CCCCCNC(=O)[C@@H](O)[C@@H](O)[C@H](O)[C@@H](O)CO)c1ccc(Cl)c(CCC2(c3cnccc3-c3ccccc3OC3CC3)CC2)c1. The minimum Gasteiger partial charge on any atom is -0.490 e. The second-order valence-corrected chi connectivity index (χ2v) is 14.0. The molecule has 6 N–H and O–H groups in total. The first kappa shape index (κ1) is 36.2. The number of carbonyl (C=O) groups is 1. The fraction of sp³-hybridized carbons (Fsp3) is 0.526. The van der Waals surface area contributed by atoms with Crippen molar-refractivity contribution in [1.29, 1.82) is 0 Å². The fourth-order valence-corrected chi connectivity index (χ4v) is 6.61. The number of nitrogens with one attached hydrogen (secondary N) is 1. The van der Waals surface area contributed by atoms with E-state index < -0.39 is 36.9 Å². The van der Waals surface area contributed by atoms with Gasteiger partial charge in [0.25, 0.3) is 5.91 Å². The predicted molar refractivity (Wildman–Crippen MR) is 185 cm³/mol. The molecule has 2 aromatic carbocycles. The van der Waals surface area contributed by atoms with Crippen molar-refractivity contribution < 1.29 is 35.1 Å². The van der Waals surface area contributed by atoms with Crippen molar-refractivity contribution in [2.24, 2.45) is 0 Å². The summed E-state index contributed by atoms with van der Waals surface area (Å²) in [5, 5.41) is 51.2.